The third-order valence-electron chi connectivity index (χ3n) is 4.84. The number of nitrogens with zero attached hydrogens (tertiary/aromatic N) is 3. The molecule has 4 heteroatoms. The normalized spacial score (nSPS) is 22.5. The zero-order chi connectivity index (χ0) is 15.1. The van der Waals surface area contributed by atoms with Gasteiger partial charge in [0.05, 0.1) is 18.2 Å². The highest BCUT2D eigenvalue weighted by atomic mass is 16.2. The third kappa shape index (κ3) is 2.19. The van der Waals surface area contributed by atoms with E-state index < -0.39 is 0 Å². The molecule has 4 rings (SSSR count). The van der Waals surface area contributed by atoms with Crippen LogP contribution < -0.4 is 0 Å². The van der Waals surface area contributed by atoms with Crippen LogP contribution in [0.3, 0.4) is 0 Å². The zero-order valence-corrected chi connectivity index (χ0v) is 12.7. The number of benzene rings is 1. The first-order valence-electron chi connectivity index (χ1n) is 7.88. The molecule has 1 aromatic carbocycles. The average Bonchev–Trinajstić information content (AvgIpc) is 2.83. The highest BCUT2D eigenvalue weighted by Gasteiger charge is 2.42. The molecule has 4 nitrogen and oxygen atoms in total. The van der Waals surface area contributed by atoms with Crippen LogP contribution in [0.25, 0.3) is 0 Å². The number of fused-ring (bicyclic) bond motifs is 4. The van der Waals surface area contributed by atoms with Gasteiger partial charge >= 0.3 is 0 Å². The number of carbonyl (C=O) groups excluding carboxylic acids is 1. The summed E-state index contributed by atoms with van der Waals surface area (Å²) in [6.07, 6.45) is 6.96. The van der Waals surface area contributed by atoms with Crippen molar-refractivity contribution in [3.05, 3.63) is 59.2 Å². The van der Waals surface area contributed by atoms with Crippen LogP contribution in [0.1, 0.15) is 41.3 Å². The van der Waals surface area contributed by atoms with Gasteiger partial charge in [-0.25, -0.2) is 9.97 Å². The van der Waals surface area contributed by atoms with Crippen molar-refractivity contribution in [2.75, 3.05) is 0 Å². The van der Waals surface area contributed by atoms with E-state index >= 15 is 0 Å². The SMILES string of the molecule is Cc1cccc(CC(=O)N2C3CCC2c2cncnc2C3)c1. The molecule has 2 bridgehead atoms. The fourth-order valence-electron chi connectivity index (χ4n) is 3.89. The Morgan fingerprint density at radius 2 is 2.27 bits per heavy atom. The summed E-state index contributed by atoms with van der Waals surface area (Å²) in [6, 6.07) is 8.70. The Hall–Kier alpha value is -2.23. The second kappa shape index (κ2) is 5.20. The van der Waals surface area contributed by atoms with Gasteiger partial charge in [-0.05, 0) is 25.3 Å². The van der Waals surface area contributed by atoms with Crippen molar-refractivity contribution in [3.8, 4) is 0 Å². The van der Waals surface area contributed by atoms with Gasteiger partial charge in [0.2, 0.25) is 5.91 Å². The Kier molecular flexibility index (Phi) is 3.17. The second-order valence-electron chi connectivity index (χ2n) is 6.34. The molecular weight excluding hydrogens is 274 g/mol. The minimum atomic E-state index is 0.173. The molecule has 0 radical (unpaired) electrons. The van der Waals surface area contributed by atoms with E-state index in [-0.39, 0.29) is 11.9 Å². The molecule has 2 aromatic rings. The topological polar surface area (TPSA) is 46.1 Å². The molecule has 2 aliphatic heterocycles. The first-order chi connectivity index (χ1) is 10.7. The molecule has 1 amide bonds. The number of aromatic nitrogens is 2. The monoisotopic (exact) mass is 293 g/mol. The predicted molar refractivity (Wildman–Crippen MR) is 83.2 cm³/mol. The van der Waals surface area contributed by atoms with E-state index in [9.17, 15) is 4.79 Å². The molecule has 112 valence electrons. The van der Waals surface area contributed by atoms with Crippen LogP contribution in [0, 0.1) is 6.92 Å². The molecule has 2 atom stereocenters. The summed E-state index contributed by atoms with van der Waals surface area (Å²) in [5.41, 5.74) is 4.57. The largest absolute Gasteiger partial charge is 0.332 e. The minimum Gasteiger partial charge on any atom is -0.332 e. The first-order valence-corrected chi connectivity index (χ1v) is 7.88. The summed E-state index contributed by atoms with van der Waals surface area (Å²) in [6.45, 7) is 2.06. The molecule has 1 aromatic heterocycles. The second-order valence-corrected chi connectivity index (χ2v) is 6.34. The summed E-state index contributed by atoms with van der Waals surface area (Å²) in [5.74, 6) is 0.229. The van der Waals surface area contributed by atoms with Crippen molar-refractivity contribution in [3.63, 3.8) is 0 Å². The van der Waals surface area contributed by atoms with Crippen molar-refractivity contribution in [2.45, 2.75) is 44.7 Å². The quantitative estimate of drug-likeness (QED) is 0.855. The number of hydrogen-bond donors (Lipinski definition) is 0. The predicted octanol–water partition coefficient (Wildman–Crippen LogP) is 2.62. The lowest BCUT2D eigenvalue weighted by atomic mass is 9.98. The van der Waals surface area contributed by atoms with E-state index in [2.05, 4.69) is 33.9 Å². The van der Waals surface area contributed by atoms with Gasteiger partial charge in [0.1, 0.15) is 6.33 Å². The lowest BCUT2D eigenvalue weighted by molar-refractivity contribution is -0.134. The third-order valence-corrected chi connectivity index (χ3v) is 4.84. The van der Waals surface area contributed by atoms with Crippen molar-refractivity contribution < 1.29 is 4.79 Å². The van der Waals surface area contributed by atoms with E-state index in [1.165, 1.54) is 5.56 Å². The van der Waals surface area contributed by atoms with Crippen molar-refractivity contribution in [1.29, 1.82) is 0 Å². The number of hydrogen-bond acceptors (Lipinski definition) is 3. The molecule has 2 unspecified atom stereocenters. The maximum Gasteiger partial charge on any atom is 0.227 e. The molecule has 0 aliphatic carbocycles. The van der Waals surface area contributed by atoms with Gasteiger partial charge in [0, 0.05) is 24.2 Å². The van der Waals surface area contributed by atoms with Gasteiger partial charge in [-0.2, -0.15) is 0 Å². The van der Waals surface area contributed by atoms with Crippen LogP contribution >= 0.6 is 0 Å². The van der Waals surface area contributed by atoms with Gasteiger partial charge in [-0.3, -0.25) is 4.79 Å². The first kappa shape index (κ1) is 13.4. The minimum absolute atomic E-state index is 0.173. The zero-order valence-electron chi connectivity index (χ0n) is 12.7. The van der Waals surface area contributed by atoms with E-state index in [0.29, 0.717) is 12.5 Å². The summed E-state index contributed by atoms with van der Waals surface area (Å²) in [5, 5.41) is 0. The summed E-state index contributed by atoms with van der Waals surface area (Å²) < 4.78 is 0. The molecule has 22 heavy (non-hydrogen) atoms. The Morgan fingerprint density at radius 1 is 1.36 bits per heavy atom. The van der Waals surface area contributed by atoms with Gasteiger partial charge < -0.3 is 4.90 Å². The maximum absolute atomic E-state index is 12.8. The van der Waals surface area contributed by atoms with Crippen LogP contribution in [0.4, 0.5) is 0 Å². The fourth-order valence-corrected chi connectivity index (χ4v) is 3.89. The van der Waals surface area contributed by atoms with Gasteiger partial charge in [0.25, 0.3) is 0 Å². The van der Waals surface area contributed by atoms with Gasteiger partial charge in [-0.1, -0.05) is 29.8 Å². The van der Waals surface area contributed by atoms with E-state index in [4.69, 9.17) is 0 Å². The molecule has 1 fully saturated rings. The van der Waals surface area contributed by atoms with Crippen molar-refractivity contribution in [1.82, 2.24) is 14.9 Å². The highest BCUT2D eigenvalue weighted by molar-refractivity contribution is 5.80. The van der Waals surface area contributed by atoms with Crippen LogP contribution in [0.2, 0.25) is 0 Å². The van der Waals surface area contributed by atoms with Crippen LogP contribution in [-0.4, -0.2) is 26.8 Å². The smallest absolute Gasteiger partial charge is 0.227 e. The molecule has 0 saturated carbocycles. The highest BCUT2D eigenvalue weighted by Crippen LogP contribution is 2.42. The Morgan fingerprint density at radius 3 is 3.14 bits per heavy atom. The fraction of sp³-hybridized carbons (Fsp3) is 0.389. The lowest BCUT2D eigenvalue weighted by Crippen LogP contribution is -2.43. The Bertz CT molecular complexity index is 728. The van der Waals surface area contributed by atoms with Gasteiger partial charge in [0.15, 0.2) is 0 Å². The lowest BCUT2D eigenvalue weighted by Gasteiger charge is -2.35. The average molecular weight is 293 g/mol. The van der Waals surface area contributed by atoms with Crippen LogP contribution in [-0.2, 0) is 17.6 Å². The Balaban J connectivity index is 1.60. The number of amides is 1. The van der Waals surface area contributed by atoms with E-state index in [0.717, 1.165) is 36.1 Å². The van der Waals surface area contributed by atoms with Crippen molar-refractivity contribution in [2.24, 2.45) is 0 Å². The molecule has 2 aliphatic rings. The number of rotatable bonds is 2. The standard InChI is InChI=1S/C18H19N3O/c1-12-3-2-4-13(7-12)8-18(22)21-14-5-6-17(21)15-10-19-11-20-16(15)9-14/h2-4,7,10-11,14,17H,5-6,8-9H2,1H3. The van der Waals surface area contributed by atoms with Gasteiger partial charge in [-0.15, -0.1) is 0 Å². The van der Waals surface area contributed by atoms with E-state index in [1.807, 2.05) is 18.3 Å². The van der Waals surface area contributed by atoms with Crippen LogP contribution in [0.15, 0.2) is 36.8 Å². The molecule has 0 spiro atoms. The maximum atomic E-state index is 12.8. The summed E-state index contributed by atoms with van der Waals surface area (Å²) in [4.78, 5) is 23.5. The molecule has 1 saturated heterocycles. The molecular formula is C18H19N3O. The number of aryl methyl sites for hydroxylation is 1. The summed E-state index contributed by atoms with van der Waals surface area (Å²) >= 11 is 0. The molecule has 0 N–H and O–H groups in total. The summed E-state index contributed by atoms with van der Waals surface area (Å²) in [7, 11) is 0. The number of carbonyl (C=O) groups is 1. The van der Waals surface area contributed by atoms with Crippen molar-refractivity contribution >= 4 is 5.91 Å². The van der Waals surface area contributed by atoms with E-state index in [1.54, 1.807) is 6.33 Å². The molecule has 3 heterocycles. The van der Waals surface area contributed by atoms with Crippen LogP contribution in [0.5, 0.6) is 0 Å². The Labute approximate surface area is 130 Å².